The average molecular weight is 161 g/mol. The predicted octanol–water partition coefficient (Wildman–Crippen LogP) is 0.219. The van der Waals surface area contributed by atoms with Crippen molar-refractivity contribution in [2.75, 3.05) is 6.26 Å². The van der Waals surface area contributed by atoms with Gasteiger partial charge >= 0.3 is 0 Å². The van der Waals surface area contributed by atoms with Crippen LogP contribution in [0.15, 0.2) is 16.9 Å². The molecule has 0 atom stereocenters. The minimum Gasteiger partial charge on any atom is -0.448 e. The summed E-state index contributed by atoms with van der Waals surface area (Å²) in [5, 5.41) is 0. The van der Waals surface area contributed by atoms with Crippen molar-refractivity contribution in [3.05, 3.63) is 18.4 Å². The number of hydrogen-bond donors (Lipinski definition) is 0. The summed E-state index contributed by atoms with van der Waals surface area (Å²) in [6.07, 6.45) is 3.90. The second kappa shape index (κ2) is 2.42. The van der Waals surface area contributed by atoms with E-state index in [-0.39, 0.29) is 11.6 Å². The summed E-state index contributed by atoms with van der Waals surface area (Å²) in [5.74, 6) is 0.113. The van der Waals surface area contributed by atoms with Crippen LogP contribution in [0.25, 0.3) is 0 Å². The first-order valence-corrected chi connectivity index (χ1v) is 4.70. The first-order chi connectivity index (χ1) is 4.58. The molecule has 0 bridgehead atoms. The maximum absolute atomic E-state index is 10.6. The van der Waals surface area contributed by atoms with E-state index in [1.54, 1.807) is 0 Å². The largest absolute Gasteiger partial charge is 0.448 e. The summed E-state index contributed by atoms with van der Waals surface area (Å²) in [5.41, 5.74) is 0. The molecule has 1 rings (SSSR count). The van der Waals surface area contributed by atoms with Gasteiger partial charge < -0.3 is 4.42 Å². The Labute approximate surface area is 58.8 Å². The molecule has 10 heavy (non-hydrogen) atoms. The molecule has 0 spiro atoms. The van der Waals surface area contributed by atoms with E-state index in [1.165, 1.54) is 12.5 Å². The Morgan fingerprint density at radius 3 is 2.80 bits per heavy atom. The van der Waals surface area contributed by atoms with Crippen LogP contribution >= 0.6 is 0 Å². The molecule has 0 radical (unpaired) electrons. The molecular formula is C5H7NO3S. The highest BCUT2D eigenvalue weighted by Crippen LogP contribution is 1.99. The Kier molecular flexibility index (Phi) is 1.76. The summed E-state index contributed by atoms with van der Waals surface area (Å²) in [6.45, 7) is 0. The quantitative estimate of drug-likeness (QED) is 0.622. The molecule has 4 nitrogen and oxygen atoms in total. The SMILES string of the molecule is CS(=O)(=O)Cc1ncco1. The molecule has 1 aromatic rings. The van der Waals surface area contributed by atoms with E-state index >= 15 is 0 Å². The number of rotatable bonds is 2. The van der Waals surface area contributed by atoms with Crippen LogP contribution in [-0.2, 0) is 15.6 Å². The van der Waals surface area contributed by atoms with Crippen molar-refractivity contribution in [2.45, 2.75) is 5.75 Å². The number of hydrogen-bond acceptors (Lipinski definition) is 4. The molecule has 0 aromatic carbocycles. The third kappa shape index (κ3) is 2.18. The third-order valence-electron chi connectivity index (χ3n) is 0.869. The molecule has 0 aliphatic heterocycles. The van der Waals surface area contributed by atoms with E-state index in [4.69, 9.17) is 4.42 Å². The lowest BCUT2D eigenvalue weighted by molar-refractivity contribution is 0.509. The molecule has 0 aliphatic rings. The highest BCUT2D eigenvalue weighted by Gasteiger charge is 2.06. The van der Waals surface area contributed by atoms with E-state index in [1.807, 2.05) is 0 Å². The highest BCUT2D eigenvalue weighted by molar-refractivity contribution is 7.89. The van der Waals surface area contributed by atoms with Crippen molar-refractivity contribution in [3.63, 3.8) is 0 Å². The van der Waals surface area contributed by atoms with Gasteiger partial charge in [0.25, 0.3) is 0 Å². The molecule has 5 heteroatoms. The predicted molar refractivity (Wildman–Crippen MR) is 35.1 cm³/mol. The average Bonchev–Trinajstić information content (AvgIpc) is 2.12. The van der Waals surface area contributed by atoms with Gasteiger partial charge in [0, 0.05) is 6.26 Å². The fourth-order valence-electron chi connectivity index (χ4n) is 0.549. The van der Waals surface area contributed by atoms with Crippen molar-refractivity contribution in [1.82, 2.24) is 4.98 Å². The van der Waals surface area contributed by atoms with Gasteiger partial charge in [0.15, 0.2) is 9.84 Å². The van der Waals surface area contributed by atoms with Crippen LogP contribution in [0.4, 0.5) is 0 Å². The molecule has 0 N–H and O–H groups in total. The number of aromatic nitrogens is 1. The van der Waals surface area contributed by atoms with Crippen molar-refractivity contribution in [3.8, 4) is 0 Å². The van der Waals surface area contributed by atoms with E-state index in [0.29, 0.717) is 0 Å². The topological polar surface area (TPSA) is 60.2 Å². The van der Waals surface area contributed by atoms with Crippen LogP contribution < -0.4 is 0 Å². The Hall–Kier alpha value is -0.840. The van der Waals surface area contributed by atoms with Gasteiger partial charge in [0.2, 0.25) is 5.89 Å². The molecule has 0 aliphatic carbocycles. The fourth-order valence-corrected chi connectivity index (χ4v) is 1.14. The second-order valence-corrected chi connectivity index (χ2v) is 4.14. The van der Waals surface area contributed by atoms with E-state index in [0.717, 1.165) is 6.26 Å². The van der Waals surface area contributed by atoms with Crippen LogP contribution in [0.5, 0.6) is 0 Å². The fraction of sp³-hybridized carbons (Fsp3) is 0.400. The molecule has 0 unspecified atom stereocenters. The zero-order chi connectivity index (χ0) is 7.61. The Bertz CT molecular complexity index is 287. The van der Waals surface area contributed by atoms with Crippen LogP contribution in [0.2, 0.25) is 0 Å². The third-order valence-corrected chi connectivity index (χ3v) is 1.64. The number of oxazole rings is 1. The van der Waals surface area contributed by atoms with E-state index in [9.17, 15) is 8.42 Å². The van der Waals surface area contributed by atoms with Gasteiger partial charge in [-0.1, -0.05) is 0 Å². The summed E-state index contributed by atoms with van der Waals surface area (Å²) < 4.78 is 25.9. The van der Waals surface area contributed by atoms with Gasteiger partial charge in [-0.3, -0.25) is 0 Å². The Balaban J connectivity index is 2.75. The van der Waals surface area contributed by atoms with Gasteiger partial charge in [-0.2, -0.15) is 0 Å². The van der Waals surface area contributed by atoms with Crippen molar-refractivity contribution < 1.29 is 12.8 Å². The summed E-state index contributed by atoms with van der Waals surface area (Å²) in [4.78, 5) is 3.66. The first-order valence-electron chi connectivity index (χ1n) is 2.64. The van der Waals surface area contributed by atoms with Gasteiger partial charge in [-0.25, -0.2) is 13.4 Å². The maximum Gasteiger partial charge on any atom is 0.209 e. The second-order valence-electron chi connectivity index (χ2n) is 2.00. The monoisotopic (exact) mass is 161 g/mol. The maximum atomic E-state index is 10.6. The molecule has 1 heterocycles. The molecule has 0 fully saturated rings. The molecule has 1 aromatic heterocycles. The van der Waals surface area contributed by atoms with Gasteiger partial charge in [-0.05, 0) is 0 Å². The lowest BCUT2D eigenvalue weighted by Crippen LogP contribution is -2.00. The van der Waals surface area contributed by atoms with Crippen molar-refractivity contribution in [2.24, 2.45) is 0 Å². The summed E-state index contributed by atoms with van der Waals surface area (Å²) >= 11 is 0. The molecular weight excluding hydrogens is 154 g/mol. The number of nitrogens with zero attached hydrogens (tertiary/aromatic N) is 1. The highest BCUT2D eigenvalue weighted by atomic mass is 32.2. The van der Waals surface area contributed by atoms with Crippen LogP contribution in [0.1, 0.15) is 5.89 Å². The van der Waals surface area contributed by atoms with Crippen LogP contribution in [0, 0.1) is 0 Å². The zero-order valence-corrected chi connectivity index (χ0v) is 6.26. The van der Waals surface area contributed by atoms with E-state index in [2.05, 4.69) is 4.98 Å². The van der Waals surface area contributed by atoms with Crippen LogP contribution in [-0.4, -0.2) is 19.7 Å². The summed E-state index contributed by atoms with van der Waals surface area (Å²) in [7, 11) is -3.00. The Morgan fingerprint density at radius 1 is 1.70 bits per heavy atom. The van der Waals surface area contributed by atoms with Crippen molar-refractivity contribution >= 4 is 9.84 Å². The summed E-state index contributed by atoms with van der Waals surface area (Å²) in [6, 6.07) is 0. The molecule has 56 valence electrons. The van der Waals surface area contributed by atoms with Gasteiger partial charge in [-0.15, -0.1) is 0 Å². The van der Waals surface area contributed by atoms with Gasteiger partial charge in [0.05, 0.1) is 6.20 Å². The minimum atomic E-state index is -3.00. The molecule has 0 amide bonds. The normalized spacial score (nSPS) is 11.7. The smallest absolute Gasteiger partial charge is 0.209 e. The molecule has 0 saturated carbocycles. The van der Waals surface area contributed by atoms with Crippen molar-refractivity contribution in [1.29, 1.82) is 0 Å². The van der Waals surface area contributed by atoms with Crippen LogP contribution in [0.3, 0.4) is 0 Å². The first kappa shape index (κ1) is 7.27. The standard InChI is InChI=1S/C5H7NO3S/c1-10(7,8)4-5-6-2-3-9-5/h2-3H,4H2,1H3. The minimum absolute atomic E-state index is 0.125. The van der Waals surface area contributed by atoms with E-state index < -0.39 is 9.84 Å². The Morgan fingerprint density at radius 2 is 2.40 bits per heavy atom. The lowest BCUT2D eigenvalue weighted by Gasteiger charge is -1.89. The lowest BCUT2D eigenvalue weighted by atomic mass is 10.8. The number of sulfone groups is 1. The van der Waals surface area contributed by atoms with Gasteiger partial charge in [0.1, 0.15) is 12.0 Å². The zero-order valence-electron chi connectivity index (χ0n) is 5.44. The molecule has 0 saturated heterocycles.